The van der Waals surface area contributed by atoms with Gasteiger partial charge in [0.05, 0.1) is 36.3 Å². The lowest BCUT2D eigenvalue weighted by Gasteiger charge is -2.14. The number of anilines is 2. The second kappa shape index (κ2) is 12.3. The van der Waals surface area contributed by atoms with Crippen LogP contribution in [0.3, 0.4) is 0 Å². The third kappa shape index (κ3) is 7.06. The van der Waals surface area contributed by atoms with Gasteiger partial charge in [0.2, 0.25) is 5.91 Å². The van der Waals surface area contributed by atoms with Gasteiger partial charge in [-0.05, 0) is 55.3 Å². The third-order valence-electron chi connectivity index (χ3n) is 7.47. The molecule has 3 N–H and O–H groups in total. The molecular formula is C35H36N6O4. The molecule has 0 unspecified atom stereocenters. The highest BCUT2D eigenvalue weighted by Crippen LogP contribution is 2.35. The largest absolute Gasteiger partial charge is 0.497 e. The molecule has 0 aliphatic heterocycles. The van der Waals surface area contributed by atoms with Crippen molar-refractivity contribution >= 4 is 34.2 Å². The van der Waals surface area contributed by atoms with Crippen LogP contribution in [0.4, 0.5) is 16.3 Å². The molecule has 3 aromatic carbocycles. The van der Waals surface area contributed by atoms with Crippen LogP contribution in [0.2, 0.25) is 0 Å². The molecule has 10 heteroatoms. The molecule has 45 heavy (non-hydrogen) atoms. The number of benzene rings is 3. The highest BCUT2D eigenvalue weighted by Gasteiger charge is 2.24. The zero-order valence-electron chi connectivity index (χ0n) is 25.8. The molecule has 0 atom stereocenters. The number of hydrogen-bond donors (Lipinski definition) is 3. The van der Waals surface area contributed by atoms with Crippen LogP contribution in [0.5, 0.6) is 17.2 Å². The molecule has 3 amide bonds. The van der Waals surface area contributed by atoms with Gasteiger partial charge in [0.25, 0.3) is 0 Å². The van der Waals surface area contributed by atoms with E-state index in [-0.39, 0.29) is 17.7 Å². The number of fused-ring (bicyclic) bond motifs is 1. The number of carbonyl (C=O) groups is 2. The lowest BCUT2D eigenvalue weighted by molar-refractivity contribution is -0.120. The molecule has 5 aromatic rings. The Hall–Kier alpha value is -5.38. The summed E-state index contributed by atoms with van der Waals surface area (Å²) in [7, 11) is 1.62. The highest BCUT2D eigenvalue weighted by molar-refractivity contribution is 6.07. The SMILES string of the molecule is COc1ccc(-n2nc(C(C)(C)C)cc2NC(=O)Nc2ccc(Oc3ccnc(CC(=O)NC4CC4)c3)c3ccccc23)cc1. The Morgan fingerprint density at radius 3 is 2.38 bits per heavy atom. The maximum Gasteiger partial charge on any atom is 0.324 e. The number of urea groups is 1. The molecule has 2 heterocycles. The Labute approximate surface area is 261 Å². The van der Waals surface area contributed by atoms with Crippen LogP contribution in [0, 0.1) is 0 Å². The summed E-state index contributed by atoms with van der Waals surface area (Å²) in [6, 6.07) is 24.1. The maximum absolute atomic E-state index is 13.4. The van der Waals surface area contributed by atoms with Crippen LogP contribution in [-0.4, -0.2) is 39.9 Å². The van der Waals surface area contributed by atoms with Crippen molar-refractivity contribution in [2.45, 2.75) is 51.5 Å². The zero-order valence-corrected chi connectivity index (χ0v) is 25.8. The van der Waals surface area contributed by atoms with E-state index in [1.54, 1.807) is 30.1 Å². The fraction of sp³-hybridized carbons (Fsp3) is 0.257. The van der Waals surface area contributed by atoms with Crippen LogP contribution in [0.25, 0.3) is 16.5 Å². The zero-order chi connectivity index (χ0) is 31.6. The molecule has 2 aromatic heterocycles. The monoisotopic (exact) mass is 604 g/mol. The topological polar surface area (TPSA) is 119 Å². The molecule has 0 bridgehead atoms. The van der Waals surface area contributed by atoms with Crippen LogP contribution in [0.1, 0.15) is 45.0 Å². The van der Waals surface area contributed by atoms with Gasteiger partial charge in [0.1, 0.15) is 23.1 Å². The number of rotatable bonds is 9. The predicted molar refractivity (Wildman–Crippen MR) is 175 cm³/mol. The first-order chi connectivity index (χ1) is 21.7. The van der Waals surface area contributed by atoms with E-state index >= 15 is 0 Å². The van der Waals surface area contributed by atoms with Gasteiger partial charge in [0, 0.05) is 40.6 Å². The standard InChI is InChI=1S/C35H36N6O4/c1-35(2,3)31-21-32(41(40-31)24-11-13-25(44-4)14-12-24)39-34(43)38-29-15-16-30(28-8-6-5-7-27(28)29)45-26-17-18-36-23(19-26)20-33(42)37-22-9-10-22/h5-8,11-19,21-22H,9-10,20H2,1-4H3,(H,37,42)(H2,38,39,43). The highest BCUT2D eigenvalue weighted by atomic mass is 16.5. The minimum Gasteiger partial charge on any atom is -0.497 e. The molecule has 6 rings (SSSR count). The number of pyridine rings is 1. The minimum absolute atomic E-state index is 0.0389. The number of aromatic nitrogens is 3. The molecule has 0 saturated heterocycles. The van der Waals surface area contributed by atoms with Crippen molar-refractivity contribution in [2.24, 2.45) is 0 Å². The Morgan fingerprint density at radius 2 is 1.67 bits per heavy atom. The third-order valence-corrected chi connectivity index (χ3v) is 7.47. The summed E-state index contributed by atoms with van der Waals surface area (Å²) in [6.45, 7) is 6.23. The van der Waals surface area contributed by atoms with Gasteiger partial charge in [-0.15, -0.1) is 0 Å². The first kappa shape index (κ1) is 29.7. The van der Waals surface area contributed by atoms with Crippen molar-refractivity contribution in [1.82, 2.24) is 20.1 Å². The Kier molecular flexibility index (Phi) is 8.12. The summed E-state index contributed by atoms with van der Waals surface area (Å²) < 4.78 is 13.3. The normalized spacial score (nSPS) is 12.9. The lowest BCUT2D eigenvalue weighted by atomic mass is 9.92. The average molecular weight is 605 g/mol. The molecule has 10 nitrogen and oxygen atoms in total. The molecule has 0 radical (unpaired) electrons. The minimum atomic E-state index is -0.410. The van der Waals surface area contributed by atoms with E-state index in [0.717, 1.165) is 40.7 Å². The lowest BCUT2D eigenvalue weighted by Crippen LogP contribution is -2.27. The number of nitrogens with zero attached hydrogens (tertiary/aromatic N) is 3. The first-order valence-corrected chi connectivity index (χ1v) is 14.9. The first-order valence-electron chi connectivity index (χ1n) is 14.9. The van der Waals surface area contributed by atoms with Gasteiger partial charge in [-0.1, -0.05) is 45.0 Å². The number of nitrogens with one attached hydrogen (secondary N) is 3. The van der Waals surface area contributed by atoms with Crippen molar-refractivity contribution in [3.05, 3.63) is 96.4 Å². The summed E-state index contributed by atoms with van der Waals surface area (Å²) in [5.41, 5.74) is 2.65. The van der Waals surface area contributed by atoms with E-state index in [2.05, 4.69) is 41.7 Å². The second-order valence-corrected chi connectivity index (χ2v) is 12.1. The van der Waals surface area contributed by atoms with Gasteiger partial charge < -0.3 is 20.1 Å². The van der Waals surface area contributed by atoms with E-state index in [4.69, 9.17) is 14.6 Å². The van der Waals surface area contributed by atoms with Gasteiger partial charge in [-0.2, -0.15) is 5.10 Å². The fourth-order valence-electron chi connectivity index (χ4n) is 4.91. The second-order valence-electron chi connectivity index (χ2n) is 12.1. The number of ether oxygens (including phenoxy) is 2. The van der Waals surface area contributed by atoms with E-state index < -0.39 is 6.03 Å². The molecule has 1 saturated carbocycles. The smallest absolute Gasteiger partial charge is 0.324 e. The summed E-state index contributed by atoms with van der Waals surface area (Å²) in [5, 5.41) is 15.4. The molecule has 0 spiro atoms. The predicted octanol–water partition coefficient (Wildman–Crippen LogP) is 6.98. The maximum atomic E-state index is 13.4. The summed E-state index contributed by atoms with van der Waals surface area (Å²) in [6.07, 6.45) is 3.91. The Morgan fingerprint density at radius 1 is 0.911 bits per heavy atom. The van der Waals surface area contributed by atoms with Crippen molar-refractivity contribution < 1.29 is 19.1 Å². The van der Waals surface area contributed by atoms with E-state index in [1.165, 1.54) is 0 Å². The molecule has 1 aliphatic carbocycles. The summed E-state index contributed by atoms with van der Waals surface area (Å²) in [4.78, 5) is 30.0. The summed E-state index contributed by atoms with van der Waals surface area (Å²) in [5.74, 6) is 2.41. The van der Waals surface area contributed by atoms with Crippen LogP contribution in [0.15, 0.2) is 85.1 Å². The molecule has 1 aliphatic rings. The number of carbonyl (C=O) groups excluding carboxylic acids is 2. The van der Waals surface area contributed by atoms with E-state index in [0.29, 0.717) is 34.7 Å². The molecular weight excluding hydrogens is 568 g/mol. The molecule has 1 fully saturated rings. The fourth-order valence-corrected chi connectivity index (χ4v) is 4.91. The Balaban J connectivity index is 1.21. The molecule has 230 valence electrons. The Bertz CT molecular complexity index is 1850. The summed E-state index contributed by atoms with van der Waals surface area (Å²) >= 11 is 0. The van der Waals surface area contributed by atoms with E-state index in [1.807, 2.05) is 66.7 Å². The van der Waals surface area contributed by atoms with Crippen LogP contribution < -0.4 is 25.4 Å². The van der Waals surface area contributed by atoms with Crippen molar-refractivity contribution in [1.29, 1.82) is 0 Å². The van der Waals surface area contributed by atoms with Crippen LogP contribution in [-0.2, 0) is 16.6 Å². The van der Waals surface area contributed by atoms with Crippen molar-refractivity contribution in [2.75, 3.05) is 17.7 Å². The average Bonchev–Trinajstić information content (AvgIpc) is 3.73. The van der Waals surface area contributed by atoms with Crippen molar-refractivity contribution in [3.8, 4) is 22.9 Å². The van der Waals surface area contributed by atoms with Gasteiger partial charge >= 0.3 is 6.03 Å². The quantitative estimate of drug-likeness (QED) is 0.167. The van der Waals surface area contributed by atoms with Crippen molar-refractivity contribution in [3.63, 3.8) is 0 Å². The number of amides is 3. The van der Waals surface area contributed by atoms with Gasteiger partial charge in [-0.25, -0.2) is 9.48 Å². The number of methoxy groups -OCH3 is 1. The number of hydrogen-bond acceptors (Lipinski definition) is 6. The van der Waals surface area contributed by atoms with Crippen LogP contribution >= 0.6 is 0 Å². The van der Waals surface area contributed by atoms with Gasteiger partial charge in [0.15, 0.2) is 0 Å². The van der Waals surface area contributed by atoms with Gasteiger partial charge in [-0.3, -0.25) is 15.1 Å². The van der Waals surface area contributed by atoms with E-state index in [9.17, 15) is 9.59 Å².